The molecule has 0 N–H and O–H groups in total. The van der Waals surface area contributed by atoms with Gasteiger partial charge in [0.25, 0.3) is 0 Å². The molecule has 0 fully saturated rings. The van der Waals surface area contributed by atoms with Gasteiger partial charge >= 0.3 is 0 Å². The maximum absolute atomic E-state index is 5.70. The summed E-state index contributed by atoms with van der Waals surface area (Å²) in [5, 5.41) is 0. The van der Waals surface area contributed by atoms with E-state index in [1.807, 2.05) is 23.9 Å². The smallest absolute Gasteiger partial charge is 0.0953 e. The number of aromatic nitrogens is 2. The minimum absolute atomic E-state index is 0.482. The van der Waals surface area contributed by atoms with Gasteiger partial charge in [0, 0.05) is 16.0 Å². The first kappa shape index (κ1) is 10.7. The Labute approximate surface area is 98.5 Å². The van der Waals surface area contributed by atoms with E-state index in [0.717, 1.165) is 12.2 Å². The molecular formula is C11H13ClN2S. The minimum atomic E-state index is 0.482. The average molecular weight is 241 g/mol. The van der Waals surface area contributed by atoms with Crippen molar-refractivity contribution in [3.8, 4) is 0 Å². The van der Waals surface area contributed by atoms with E-state index in [9.17, 15) is 0 Å². The highest BCUT2D eigenvalue weighted by Gasteiger charge is 2.03. The zero-order chi connectivity index (χ0) is 10.8. The molecule has 0 atom stereocenters. The predicted molar refractivity (Wildman–Crippen MR) is 64.7 cm³/mol. The average Bonchev–Trinajstić information content (AvgIpc) is 2.76. The van der Waals surface area contributed by atoms with Crippen LogP contribution in [0.5, 0.6) is 0 Å². The van der Waals surface area contributed by atoms with Crippen LogP contribution in [0.1, 0.15) is 21.0 Å². The van der Waals surface area contributed by atoms with Crippen LogP contribution in [0.15, 0.2) is 18.6 Å². The van der Waals surface area contributed by atoms with E-state index < -0.39 is 0 Å². The van der Waals surface area contributed by atoms with Crippen molar-refractivity contribution in [2.24, 2.45) is 0 Å². The fourth-order valence-corrected chi connectivity index (χ4v) is 2.67. The highest BCUT2D eigenvalue weighted by atomic mass is 35.5. The van der Waals surface area contributed by atoms with Gasteiger partial charge < -0.3 is 4.57 Å². The highest BCUT2D eigenvalue weighted by molar-refractivity contribution is 7.12. The van der Waals surface area contributed by atoms with Crippen molar-refractivity contribution in [1.29, 1.82) is 0 Å². The molecule has 0 aliphatic heterocycles. The molecule has 0 bridgehead atoms. The summed E-state index contributed by atoms with van der Waals surface area (Å²) in [4.78, 5) is 6.95. The second kappa shape index (κ2) is 4.37. The van der Waals surface area contributed by atoms with Crippen LogP contribution in [0.25, 0.3) is 0 Å². The van der Waals surface area contributed by atoms with Crippen molar-refractivity contribution in [3.05, 3.63) is 39.6 Å². The number of aryl methyl sites for hydroxylation is 2. The molecule has 0 amide bonds. The van der Waals surface area contributed by atoms with Crippen molar-refractivity contribution in [2.45, 2.75) is 26.3 Å². The third-order valence-corrected chi connectivity index (χ3v) is 3.79. The third kappa shape index (κ3) is 2.41. The van der Waals surface area contributed by atoms with Crippen molar-refractivity contribution in [1.82, 2.24) is 9.55 Å². The quantitative estimate of drug-likeness (QED) is 0.753. The summed E-state index contributed by atoms with van der Waals surface area (Å²) in [6.07, 6.45) is 3.83. The van der Waals surface area contributed by atoms with Gasteiger partial charge in [0.2, 0.25) is 0 Å². The van der Waals surface area contributed by atoms with Crippen LogP contribution in [0.4, 0.5) is 0 Å². The summed E-state index contributed by atoms with van der Waals surface area (Å²) in [7, 11) is 0. The molecule has 0 aliphatic carbocycles. The van der Waals surface area contributed by atoms with E-state index in [4.69, 9.17) is 11.6 Å². The van der Waals surface area contributed by atoms with Gasteiger partial charge in [0.1, 0.15) is 0 Å². The first-order valence-electron chi connectivity index (χ1n) is 4.81. The number of alkyl halides is 1. The Hall–Kier alpha value is -0.800. The van der Waals surface area contributed by atoms with Gasteiger partial charge in [0.15, 0.2) is 0 Å². The van der Waals surface area contributed by atoms with Crippen LogP contribution in [0, 0.1) is 13.8 Å². The first-order chi connectivity index (χ1) is 7.19. The van der Waals surface area contributed by atoms with Crippen LogP contribution in [-0.4, -0.2) is 9.55 Å². The molecule has 0 aliphatic rings. The van der Waals surface area contributed by atoms with E-state index in [1.54, 1.807) is 0 Å². The lowest BCUT2D eigenvalue weighted by Crippen LogP contribution is -1.93. The molecule has 0 saturated carbocycles. The molecular weight excluding hydrogens is 228 g/mol. The van der Waals surface area contributed by atoms with Crippen molar-refractivity contribution < 1.29 is 0 Å². The molecule has 4 heteroatoms. The van der Waals surface area contributed by atoms with Crippen LogP contribution in [0.3, 0.4) is 0 Å². The van der Waals surface area contributed by atoms with Gasteiger partial charge in [-0.05, 0) is 25.5 Å². The summed E-state index contributed by atoms with van der Waals surface area (Å²) >= 11 is 7.54. The Bertz CT molecular complexity index is 439. The third-order valence-electron chi connectivity index (χ3n) is 2.38. The summed E-state index contributed by atoms with van der Waals surface area (Å²) in [6.45, 7) is 5.19. The number of halogens is 1. The van der Waals surface area contributed by atoms with E-state index >= 15 is 0 Å². The van der Waals surface area contributed by atoms with Gasteiger partial charge in [-0.1, -0.05) is 0 Å². The van der Waals surface area contributed by atoms with Gasteiger partial charge in [-0.2, -0.15) is 0 Å². The monoisotopic (exact) mass is 240 g/mol. The largest absolute Gasteiger partial charge is 0.332 e. The van der Waals surface area contributed by atoms with E-state index in [2.05, 4.69) is 29.5 Å². The number of hydrogen-bond donors (Lipinski definition) is 0. The molecule has 0 spiro atoms. The molecule has 0 unspecified atom stereocenters. The van der Waals surface area contributed by atoms with Crippen LogP contribution in [0.2, 0.25) is 0 Å². The molecule has 80 valence electrons. The Balaban J connectivity index is 2.14. The SMILES string of the molecule is Cc1cc(Cn2cnc(CCl)c2)sc1C. The molecule has 2 nitrogen and oxygen atoms in total. The molecule has 0 aromatic carbocycles. The number of hydrogen-bond acceptors (Lipinski definition) is 2. The Morgan fingerprint density at radius 1 is 1.47 bits per heavy atom. The van der Waals surface area contributed by atoms with Gasteiger partial charge in [-0.25, -0.2) is 4.98 Å². The topological polar surface area (TPSA) is 17.8 Å². The number of nitrogens with zero attached hydrogens (tertiary/aromatic N) is 2. The van der Waals surface area contributed by atoms with E-state index in [1.165, 1.54) is 15.3 Å². The molecule has 2 heterocycles. The summed E-state index contributed by atoms with van der Waals surface area (Å²) < 4.78 is 2.07. The number of thiophene rings is 1. The van der Waals surface area contributed by atoms with Crippen molar-refractivity contribution >= 4 is 22.9 Å². The molecule has 2 rings (SSSR count). The normalized spacial score (nSPS) is 10.9. The second-order valence-electron chi connectivity index (χ2n) is 3.62. The fraction of sp³-hybridized carbons (Fsp3) is 0.364. The van der Waals surface area contributed by atoms with Gasteiger partial charge in [0.05, 0.1) is 24.4 Å². The molecule has 2 aromatic rings. The molecule has 0 saturated heterocycles. The fourth-order valence-electron chi connectivity index (χ4n) is 1.47. The highest BCUT2D eigenvalue weighted by Crippen LogP contribution is 2.21. The number of imidazole rings is 1. The lowest BCUT2D eigenvalue weighted by Gasteiger charge is -1.97. The first-order valence-corrected chi connectivity index (χ1v) is 6.16. The Kier molecular flexibility index (Phi) is 3.12. The lowest BCUT2D eigenvalue weighted by molar-refractivity contribution is 0.809. The molecule has 15 heavy (non-hydrogen) atoms. The van der Waals surface area contributed by atoms with Gasteiger partial charge in [-0.3, -0.25) is 0 Å². The summed E-state index contributed by atoms with van der Waals surface area (Å²) in [6, 6.07) is 2.24. The Morgan fingerprint density at radius 3 is 2.80 bits per heavy atom. The standard InChI is InChI=1S/C11H13ClN2S/c1-8-3-11(15-9(8)2)6-14-5-10(4-12)13-7-14/h3,5,7H,4,6H2,1-2H3. The predicted octanol–water partition coefficient (Wildman–Crippen LogP) is 3.35. The van der Waals surface area contributed by atoms with Crippen LogP contribution in [-0.2, 0) is 12.4 Å². The van der Waals surface area contributed by atoms with E-state index in [-0.39, 0.29) is 0 Å². The second-order valence-corrected chi connectivity index (χ2v) is 5.23. The number of rotatable bonds is 3. The zero-order valence-electron chi connectivity index (χ0n) is 8.83. The molecule has 0 radical (unpaired) electrons. The molecule has 2 aromatic heterocycles. The van der Waals surface area contributed by atoms with Crippen LogP contribution >= 0.6 is 22.9 Å². The van der Waals surface area contributed by atoms with Crippen LogP contribution < -0.4 is 0 Å². The maximum Gasteiger partial charge on any atom is 0.0953 e. The zero-order valence-corrected chi connectivity index (χ0v) is 10.4. The Morgan fingerprint density at radius 2 is 2.27 bits per heavy atom. The minimum Gasteiger partial charge on any atom is -0.332 e. The van der Waals surface area contributed by atoms with Crippen molar-refractivity contribution in [3.63, 3.8) is 0 Å². The summed E-state index contributed by atoms with van der Waals surface area (Å²) in [5.74, 6) is 0.482. The lowest BCUT2D eigenvalue weighted by atomic mass is 10.3. The van der Waals surface area contributed by atoms with Crippen molar-refractivity contribution in [2.75, 3.05) is 0 Å². The van der Waals surface area contributed by atoms with Gasteiger partial charge in [-0.15, -0.1) is 22.9 Å². The maximum atomic E-state index is 5.70. The summed E-state index contributed by atoms with van der Waals surface area (Å²) in [5.41, 5.74) is 2.30. The van der Waals surface area contributed by atoms with E-state index in [0.29, 0.717) is 5.88 Å².